The largest absolute Gasteiger partial charge is 0.322 e. The monoisotopic (exact) mass is 404 g/mol. The van der Waals surface area contributed by atoms with Crippen LogP contribution in [0.2, 0.25) is 0 Å². The van der Waals surface area contributed by atoms with Gasteiger partial charge in [0, 0.05) is 16.9 Å². The van der Waals surface area contributed by atoms with Crippen LogP contribution in [0.25, 0.3) is 6.08 Å². The van der Waals surface area contributed by atoms with Gasteiger partial charge in [0.1, 0.15) is 4.91 Å². The van der Waals surface area contributed by atoms with Crippen LogP contribution in [0, 0.1) is 0 Å². The molecular weight excluding hydrogens is 388 g/mol. The van der Waals surface area contributed by atoms with Crippen LogP contribution >= 0.6 is 0 Å². The molecular formula is C22H16N2O4S. The fraction of sp³-hybridized carbons (Fsp3) is 0. The van der Waals surface area contributed by atoms with E-state index < -0.39 is 15.7 Å². The molecule has 0 fully saturated rings. The number of para-hydroxylation sites is 1. The Hall–Kier alpha value is -3.71. The number of sulfone groups is 1. The minimum atomic E-state index is -3.93. The Morgan fingerprint density at radius 3 is 2.00 bits per heavy atom. The van der Waals surface area contributed by atoms with Gasteiger partial charge in [0.15, 0.2) is 0 Å². The van der Waals surface area contributed by atoms with Crippen LogP contribution in [-0.4, -0.2) is 20.2 Å². The SMILES string of the molecule is O=C(Nc1ccccc1)C1=Cc2cc(NC(=O)c3ccccc3)ccc2S1(=O)=O. The molecule has 1 heterocycles. The van der Waals surface area contributed by atoms with E-state index in [-0.39, 0.29) is 15.7 Å². The molecule has 0 spiro atoms. The fourth-order valence-corrected chi connectivity index (χ4v) is 4.51. The number of rotatable bonds is 4. The van der Waals surface area contributed by atoms with Gasteiger partial charge in [-0.3, -0.25) is 9.59 Å². The van der Waals surface area contributed by atoms with E-state index in [1.165, 1.54) is 24.3 Å². The zero-order chi connectivity index (χ0) is 20.4. The smallest absolute Gasteiger partial charge is 0.267 e. The van der Waals surface area contributed by atoms with Gasteiger partial charge >= 0.3 is 0 Å². The fourth-order valence-electron chi connectivity index (χ4n) is 3.02. The van der Waals surface area contributed by atoms with E-state index in [2.05, 4.69) is 10.6 Å². The summed E-state index contributed by atoms with van der Waals surface area (Å²) < 4.78 is 25.5. The summed E-state index contributed by atoms with van der Waals surface area (Å²) >= 11 is 0. The molecule has 0 saturated carbocycles. The van der Waals surface area contributed by atoms with E-state index in [9.17, 15) is 18.0 Å². The number of amides is 2. The standard InChI is InChI=1S/C22H16N2O4S/c25-21(15-7-3-1-4-8-15)24-18-11-12-19-16(13-18)14-20(29(19,27)28)22(26)23-17-9-5-2-6-10-17/h1-14H,(H,23,26)(H,24,25). The number of fused-ring (bicyclic) bond motifs is 1. The first-order chi connectivity index (χ1) is 13.9. The molecule has 0 aliphatic carbocycles. The molecule has 4 rings (SSSR count). The van der Waals surface area contributed by atoms with Crippen LogP contribution < -0.4 is 10.6 Å². The maximum atomic E-state index is 12.8. The van der Waals surface area contributed by atoms with Gasteiger partial charge in [-0.05, 0) is 54.1 Å². The van der Waals surface area contributed by atoms with Crippen molar-refractivity contribution in [3.8, 4) is 0 Å². The minimum absolute atomic E-state index is 0.0356. The topological polar surface area (TPSA) is 92.3 Å². The molecule has 0 bridgehead atoms. The highest BCUT2D eigenvalue weighted by Gasteiger charge is 2.34. The van der Waals surface area contributed by atoms with Crippen molar-refractivity contribution in [2.75, 3.05) is 10.6 Å². The number of nitrogens with one attached hydrogen (secondary N) is 2. The van der Waals surface area contributed by atoms with Gasteiger partial charge in [-0.1, -0.05) is 36.4 Å². The first-order valence-electron chi connectivity index (χ1n) is 8.79. The van der Waals surface area contributed by atoms with E-state index in [0.717, 1.165) is 0 Å². The van der Waals surface area contributed by atoms with Gasteiger partial charge in [0.2, 0.25) is 9.84 Å². The lowest BCUT2D eigenvalue weighted by Crippen LogP contribution is -2.18. The molecule has 0 saturated heterocycles. The summed E-state index contributed by atoms with van der Waals surface area (Å²) in [5, 5.41) is 5.32. The lowest BCUT2D eigenvalue weighted by Gasteiger charge is -2.08. The Labute approximate surface area is 167 Å². The maximum Gasteiger partial charge on any atom is 0.267 e. The summed E-state index contributed by atoms with van der Waals surface area (Å²) in [7, 11) is -3.93. The van der Waals surface area contributed by atoms with E-state index >= 15 is 0 Å². The molecule has 0 unspecified atom stereocenters. The Bertz CT molecular complexity index is 1230. The lowest BCUT2D eigenvalue weighted by molar-refractivity contribution is -0.112. The minimum Gasteiger partial charge on any atom is -0.322 e. The summed E-state index contributed by atoms with van der Waals surface area (Å²) in [4.78, 5) is 24.5. The van der Waals surface area contributed by atoms with Gasteiger partial charge in [-0.15, -0.1) is 0 Å². The summed E-state index contributed by atoms with van der Waals surface area (Å²) in [6.07, 6.45) is 1.32. The average molecular weight is 404 g/mol. The van der Waals surface area contributed by atoms with E-state index in [4.69, 9.17) is 0 Å². The van der Waals surface area contributed by atoms with Crippen molar-refractivity contribution in [2.45, 2.75) is 4.90 Å². The van der Waals surface area contributed by atoms with Crippen LogP contribution in [-0.2, 0) is 14.6 Å². The third-order valence-corrected chi connectivity index (χ3v) is 6.26. The van der Waals surface area contributed by atoms with Gasteiger partial charge in [-0.25, -0.2) is 8.42 Å². The van der Waals surface area contributed by atoms with Crippen LogP contribution in [0.1, 0.15) is 15.9 Å². The molecule has 1 aliphatic rings. The van der Waals surface area contributed by atoms with Gasteiger partial charge in [0.25, 0.3) is 11.8 Å². The zero-order valence-corrected chi connectivity index (χ0v) is 15.9. The van der Waals surface area contributed by atoms with Crippen molar-refractivity contribution in [3.63, 3.8) is 0 Å². The van der Waals surface area contributed by atoms with Crippen LogP contribution in [0.5, 0.6) is 0 Å². The van der Waals surface area contributed by atoms with Gasteiger partial charge in [0.05, 0.1) is 4.90 Å². The van der Waals surface area contributed by atoms with Gasteiger partial charge < -0.3 is 10.6 Å². The van der Waals surface area contributed by atoms with E-state index in [1.807, 2.05) is 6.07 Å². The molecule has 144 valence electrons. The third kappa shape index (κ3) is 3.68. The number of benzene rings is 3. The summed E-state index contributed by atoms with van der Waals surface area (Å²) in [5.74, 6) is -1.01. The molecule has 29 heavy (non-hydrogen) atoms. The molecule has 0 radical (unpaired) electrons. The molecule has 2 N–H and O–H groups in total. The van der Waals surface area contributed by atoms with E-state index in [1.54, 1.807) is 54.6 Å². The molecule has 3 aromatic rings. The van der Waals surface area contributed by atoms with Crippen LogP contribution in [0.3, 0.4) is 0 Å². The van der Waals surface area contributed by atoms with E-state index in [0.29, 0.717) is 22.5 Å². The average Bonchev–Trinajstić information content (AvgIpc) is 2.99. The first-order valence-corrected chi connectivity index (χ1v) is 10.3. The van der Waals surface area contributed by atoms with Crippen molar-refractivity contribution >= 4 is 39.1 Å². The summed E-state index contributed by atoms with van der Waals surface area (Å²) in [5.41, 5.74) is 1.78. The second kappa shape index (κ2) is 7.37. The highest BCUT2D eigenvalue weighted by Crippen LogP contribution is 2.35. The first kappa shape index (κ1) is 18.6. The van der Waals surface area contributed by atoms with Crippen molar-refractivity contribution in [2.24, 2.45) is 0 Å². The van der Waals surface area contributed by atoms with Crippen molar-refractivity contribution < 1.29 is 18.0 Å². The van der Waals surface area contributed by atoms with Gasteiger partial charge in [-0.2, -0.15) is 0 Å². The molecule has 7 heteroatoms. The molecule has 0 atom stereocenters. The summed E-state index contributed by atoms with van der Waals surface area (Å²) in [6, 6.07) is 21.7. The number of carbonyl (C=O) groups excluding carboxylic acids is 2. The normalized spacial score (nSPS) is 13.9. The molecule has 3 aromatic carbocycles. The summed E-state index contributed by atoms with van der Waals surface area (Å²) in [6.45, 7) is 0. The second-order valence-corrected chi connectivity index (χ2v) is 8.29. The van der Waals surface area contributed by atoms with Crippen LogP contribution in [0.4, 0.5) is 11.4 Å². The number of hydrogen-bond donors (Lipinski definition) is 2. The molecule has 6 nitrogen and oxygen atoms in total. The molecule has 2 amide bonds. The Balaban J connectivity index is 1.59. The molecule has 0 aromatic heterocycles. The predicted octanol–water partition coefficient (Wildman–Crippen LogP) is 3.71. The Morgan fingerprint density at radius 2 is 1.31 bits per heavy atom. The molecule has 1 aliphatic heterocycles. The van der Waals surface area contributed by atoms with Crippen molar-refractivity contribution in [3.05, 3.63) is 94.9 Å². The third-order valence-electron chi connectivity index (χ3n) is 4.42. The number of carbonyl (C=O) groups is 2. The Kier molecular flexibility index (Phi) is 4.74. The zero-order valence-electron chi connectivity index (χ0n) is 15.1. The van der Waals surface area contributed by atoms with Crippen molar-refractivity contribution in [1.82, 2.24) is 0 Å². The Morgan fingerprint density at radius 1 is 0.690 bits per heavy atom. The highest BCUT2D eigenvalue weighted by atomic mass is 32.2. The number of anilines is 2. The second-order valence-electron chi connectivity index (χ2n) is 6.40. The lowest BCUT2D eigenvalue weighted by atomic mass is 10.1. The quantitative estimate of drug-likeness (QED) is 0.693. The highest BCUT2D eigenvalue weighted by molar-refractivity contribution is 7.96. The predicted molar refractivity (Wildman–Crippen MR) is 111 cm³/mol. The maximum absolute atomic E-state index is 12.8. The van der Waals surface area contributed by atoms with Crippen LogP contribution in [0.15, 0.2) is 88.7 Å². The van der Waals surface area contributed by atoms with Crippen molar-refractivity contribution in [1.29, 1.82) is 0 Å². The number of hydrogen-bond acceptors (Lipinski definition) is 4.